The summed E-state index contributed by atoms with van der Waals surface area (Å²) in [5.41, 5.74) is 3.13. The van der Waals surface area contributed by atoms with Crippen LogP contribution in [0.1, 0.15) is 23.6 Å². The van der Waals surface area contributed by atoms with Crippen molar-refractivity contribution in [2.75, 3.05) is 11.9 Å². The Kier molecular flexibility index (Phi) is 7.88. The van der Waals surface area contributed by atoms with Crippen LogP contribution < -0.4 is 10.1 Å². The van der Waals surface area contributed by atoms with Crippen molar-refractivity contribution in [2.45, 2.75) is 13.3 Å². The Hall–Kier alpha value is -3.07. The van der Waals surface area contributed by atoms with Gasteiger partial charge >= 0.3 is 0 Å². The molecule has 4 nitrogen and oxygen atoms in total. The van der Waals surface area contributed by atoms with Gasteiger partial charge in [0.25, 0.3) is 5.91 Å². The number of hydrogen-bond donors (Lipinski definition) is 1. The third-order valence-corrected chi connectivity index (χ3v) is 5.62. The summed E-state index contributed by atoms with van der Waals surface area (Å²) in [6.45, 7) is 2.36. The van der Waals surface area contributed by atoms with Crippen LogP contribution in [-0.4, -0.2) is 12.5 Å². The second-order valence-electron chi connectivity index (χ2n) is 6.67. The van der Waals surface area contributed by atoms with Gasteiger partial charge in [0.2, 0.25) is 0 Å². The number of anilines is 1. The second kappa shape index (κ2) is 10.8. The highest BCUT2D eigenvalue weighted by atomic mass is 79.9. The van der Waals surface area contributed by atoms with Crippen LogP contribution in [0.2, 0.25) is 5.02 Å². The Morgan fingerprint density at radius 2 is 1.87 bits per heavy atom. The number of nitriles is 1. The fourth-order valence-corrected chi connectivity index (χ4v) is 3.75. The first-order valence-electron chi connectivity index (χ1n) is 9.68. The number of para-hydroxylation sites is 1. The van der Waals surface area contributed by atoms with E-state index in [4.69, 9.17) is 16.3 Å². The van der Waals surface area contributed by atoms with E-state index in [9.17, 15) is 10.1 Å². The molecule has 31 heavy (non-hydrogen) atoms. The van der Waals surface area contributed by atoms with E-state index in [0.717, 1.165) is 15.6 Å². The number of hydrogen-bond acceptors (Lipinski definition) is 3. The van der Waals surface area contributed by atoms with Crippen LogP contribution in [0, 0.1) is 11.3 Å². The Bertz CT molecular complexity index is 1150. The fourth-order valence-electron chi connectivity index (χ4n) is 3.04. The van der Waals surface area contributed by atoms with Crippen LogP contribution in [0.4, 0.5) is 5.69 Å². The Morgan fingerprint density at radius 1 is 1.16 bits per heavy atom. The smallest absolute Gasteiger partial charge is 0.266 e. The third kappa shape index (κ3) is 5.97. The molecule has 1 N–H and O–H groups in total. The molecule has 0 spiro atoms. The number of nitrogens with zero attached hydrogens (tertiary/aromatic N) is 1. The minimum atomic E-state index is -0.486. The molecule has 3 aromatic rings. The van der Waals surface area contributed by atoms with Gasteiger partial charge < -0.3 is 10.1 Å². The van der Waals surface area contributed by atoms with Crippen LogP contribution in [0.15, 0.2) is 76.8 Å². The van der Waals surface area contributed by atoms with Gasteiger partial charge in [-0.15, -0.1) is 0 Å². The quantitative estimate of drug-likeness (QED) is 0.295. The summed E-state index contributed by atoms with van der Waals surface area (Å²) in [5, 5.41) is 12.7. The van der Waals surface area contributed by atoms with E-state index in [0.29, 0.717) is 35.1 Å². The summed E-state index contributed by atoms with van der Waals surface area (Å²) >= 11 is 10.2. The van der Waals surface area contributed by atoms with Crippen molar-refractivity contribution in [3.05, 3.63) is 98.5 Å². The number of ether oxygens (including phenoxy) is 1. The topological polar surface area (TPSA) is 62.1 Å². The number of carbonyl (C=O) groups excluding carboxylic acids is 1. The average molecular weight is 496 g/mol. The molecule has 0 saturated carbocycles. The van der Waals surface area contributed by atoms with Gasteiger partial charge in [-0.05, 0) is 54.5 Å². The first-order chi connectivity index (χ1) is 15.0. The van der Waals surface area contributed by atoms with E-state index in [2.05, 4.69) is 21.2 Å². The predicted octanol–water partition coefficient (Wildman–Crippen LogP) is 6.64. The molecule has 3 rings (SSSR count). The van der Waals surface area contributed by atoms with Crippen molar-refractivity contribution in [3.63, 3.8) is 0 Å². The molecule has 0 atom stereocenters. The number of rotatable bonds is 7. The molecule has 0 aliphatic carbocycles. The van der Waals surface area contributed by atoms with Crippen molar-refractivity contribution in [1.29, 1.82) is 5.26 Å². The van der Waals surface area contributed by atoms with E-state index in [1.165, 1.54) is 6.08 Å². The van der Waals surface area contributed by atoms with Gasteiger partial charge in [0, 0.05) is 27.2 Å². The highest BCUT2D eigenvalue weighted by Crippen LogP contribution is 2.33. The summed E-state index contributed by atoms with van der Waals surface area (Å²) in [6, 6.07) is 22.4. The van der Waals surface area contributed by atoms with E-state index >= 15 is 0 Å². The molecule has 3 aromatic carbocycles. The van der Waals surface area contributed by atoms with E-state index in [-0.39, 0.29) is 5.57 Å². The van der Waals surface area contributed by atoms with Crippen LogP contribution in [0.5, 0.6) is 5.75 Å². The van der Waals surface area contributed by atoms with Crippen molar-refractivity contribution in [1.82, 2.24) is 0 Å². The Morgan fingerprint density at radius 3 is 2.55 bits per heavy atom. The normalized spacial score (nSPS) is 11.0. The van der Waals surface area contributed by atoms with E-state index < -0.39 is 5.91 Å². The lowest BCUT2D eigenvalue weighted by Crippen LogP contribution is -2.13. The number of halogens is 2. The lowest BCUT2D eigenvalue weighted by atomic mass is 10.0. The summed E-state index contributed by atoms with van der Waals surface area (Å²) in [6.07, 6.45) is 2.09. The summed E-state index contributed by atoms with van der Waals surface area (Å²) < 4.78 is 6.82. The molecule has 0 aliphatic rings. The minimum Gasteiger partial charge on any atom is -0.494 e. The highest BCUT2D eigenvalue weighted by Gasteiger charge is 2.15. The van der Waals surface area contributed by atoms with Gasteiger partial charge in [0.05, 0.1) is 6.61 Å². The molecule has 0 fully saturated rings. The van der Waals surface area contributed by atoms with Gasteiger partial charge in [0.15, 0.2) is 0 Å². The average Bonchev–Trinajstić information content (AvgIpc) is 2.76. The molecule has 0 aliphatic heterocycles. The van der Waals surface area contributed by atoms with E-state index in [1.807, 2.05) is 55.5 Å². The predicted molar refractivity (Wildman–Crippen MR) is 128 cm³/mol. The number of amides is 1. The monoisotopic (exact) mass is 494 g/mol. The van der Waals surface area contributed by atoms with Crippen LogP contribution in [-0.2, 0) is 11.2 Å². The van der Waals surface area contributed by atoms with Gasteiger partial charge in [-0.3, -0.25) is 4.79 Å². The maximum Gasteiger partial charge on any atom is 0.266 e. The largest absolute Gasteiger partial charge is 0.494 e. The number of benzene rings is 3. The van der Waals surface area contributed by atoms with Crippen molar-refractivity contribution < 1.29 is 9.53 Å². The molecule has 0 radical (unpaired) electrons. The van der Waals surface area contributed by atoms with E-state index in [1.54, 1.807) is 24.3 Å². The standard InChI is InChI=1S/C25H20BrClN2O2/c1-2-31-24-14-17(12-19(16-28)25(30)29-20-9-4-3-5-10-20)13-23(27)21(24)15-18-8-6-7-11-22(18)26/h3-14H,2,15H2,1H3,(H,29,30)/b19-12+. The minimum absolute atomic E-state index is 0.0269. The molecule has 0 unspecified atom stereocenters. The second-order valence-corrected chi connectivity index (χ2v) is 7.93. The SMILES string of the molecule is CCOc1cc(/C=C(\C#N)C(=O)Nc2ccccc2)cc(Cl)c1Cc1ccccc1Br. The molecule has 6 heteroatoms. The Balaban J connectivity index is 1.93. The van der Waals surface area contributed by atoms with Gasteiger partial charge in [-0.1, -0.05) is 63.9 Å². The van der Waals surface area contributed by atoms with Crippen molar-refractivity contribution in [2.24, 2.45) is 0 Å². The zero-order valence-electron chi connectivity index (χ0n) is 16.9. The van der Waals surface area contributed by atoms with Gasteiger partial charge in [-0.25, -0.2) is 0 Å². The lowest BCUT2D eigenvalue weighted by Gasteiger charge is -2.14. The first-order valence-corrected chi connectivity index (χ1v) is 10.9. The van der Waals surface area contributed by atoms with Gasteiger partial charge in [0.1, 0.15) is 17.4 Å². The molecule has 156 valence electrons. The molecular formula is C25H20BrClN2O2. The zero-order chi connectivity index (χ0) is 22.2. The highest BCUT2D eigenvalue weighted by molar-refractivity contribution is 9.10. The summed E-state index contributed by atoms with van der Waals surface area (Å²) in [7, 11) is 0. The molecule has 1 amide bonds. The molecular weight excluding hydrogens is 476 g/mol. The van der Waals surface area contributed by atoms with Crippen LogP contribution in [0.3, 0.4) is 0 Å². The van der Waals surface area contributed by atoms with Gasteiger partial charge in [-0.2, -0.15) is 5.26 Å². The lowest BCUT2D eigenvalue weighted by molar-refractivity contribution is -0.112. The van der Waals surface area contributed by atoms with Crippen molar-refractivity contribution >= 4 is 45.2 Å². The third-order valence-electron chi connectivity index (χ3n) is 4.51. The van der Waals surface area contributed by atoms with Crippen LogP contribution in [0.25, 0.3) is 6.08 Å². The summed E-state index contributed by atoms with van der Waals surface area (Å²) in [4.78, 5) is 12.5. The molecule has 0 saturated heterocycles. The maximum absolute atomic E-state index is 12.5. The zero-order valence-corrected chi connectivity index (χ0v) is 19.2. The first kappa shape index (κ1) is 22.6. The molecule has 0 aromatic heterocycles. The van der Waals surface area contributed by atoms with Crippen molar-refractivity contribution in [3.8, 4) is 11.8 Å². The maximum atomic E-state index is 12.5. The Labute approximate surface area is 195 Å². The summed E-state index contributed by atoms with van der Waals surface area (Å²) in [5.74, 6) is 0.137. The molecule has 0 heterocycles. The fraction of sp³-hybridized carbons (Fsp3) is 0.120. The number of carbonyl (C=O) groups is 1. The number of nitrogens with one attached hydrogen (secondary N) is 1. The molecule has 0 bridgehead atoms. The van der Waals surface area contributed by atoms with Crippen LogP contribution >= 0.6 is 27.5 Å².